The van der Waals surface area contributed by atoms with Gasteiger partial charge in [0.25, 0.3) is 5.91 Å². The van der Waals surface area contributed by atoms with Gasteiger partial charge in [0.05, 0.1) is 6.10 Å². The molecule has 122 valence electrons. The van der Waals surface area contributed by atoms with E-state index in [1.54, 1.807) is 7.05 Å². The lowest BCUT2D eigenvalue weighted by atomic mass is 10.3. The molecule has 1 heterocycles. The molecule has 1 fully saturated rings. The maximum atomic E-state index is 12.0. The highest BCUT2D eigenvalue weighted by atomic mass is 16.3. The van der Waals surface area contributed by atoms with Crippen LogP contribution in [0.1, 0.15) is 23.3 Å². The molecular weight excluding hydrogens is 286 g/mol. The number of aliphatic hydroxyl groups excluding tert-OH is 1. The summed E-state index contributed by atoms with van der Waals surface area (Å²) in [7, 11) is 5.36. The van der Waals surface area contributed by atoms with Crippen LogP contribution in [0.15, 0.2) is 6.07 Å². The lowest BCUT2D eigenvalue weighted by Crippen LogP contribution is -2.37. The molecule has 3 N–H and O–H groups in total. The number of amides is 2. The number of aryl methyl sites for hydroxylation is 1. The minimum absolute atomic E-state index is 0.0311. The molecule has 1 unspecified atom stereocenters. The first-order valence-electron chi connectivity index (χ1n) is 7.32. The Morgan fingerprint density at radius 3 is 2.77 bits per heavy atom. The van der Waals surface area contributed by atoms with Crippen LogP contribution in [-0.4, -0.2) is 64.9 Å². The third-order valence-electron chi connectivity index (χ3n) is 3.39. The number of hydrogen-bond acceptors (Lipinski definition) is 5. The number of nitrogens with zero attached hydrogens (tertiary/aromatic N) is 3. The van der Waals surface area contributed by atoms with Crippen LogP contribution in [0.3, 0.4) is 0 Å². The lowest BCUT2D eigenvalue weighted by Gasteiger charge is -2.15. The Balaban J connectivity index is 1.88. The summed E-state index contributed by atoms with van der Waals surface area (Å²) in [5, 5.41) is 19.2. The molecule has 0 bridgehead atoms. The SMILES string of the molecule is CN(C)CC(O)CNC(=O)c1cc(NC(=O)C2CC2)n(C)n1. The van der Waals surface area contributed by atoms with Crippen LogP contribution in [0.5, 0.6) is 0 Å². The second kappa shape index (κ2) is 6.89. The molecule has 1 aromatic rings. The largest absolute Gasteiger partial charge is 0.390 e. The highest BCUT2D eigenvalue weighted by molar-refractivity contribution is 5.96. The van der Waals surface area contributed by atoms with Gasteiger partial charge in [0.2, 0.25) is 5.91 Å². The van der Waals surface area contributed by atoms with E-state index in [0.717, 1.165) is 12.8 Å². The highest BCUT2D eigenvalue weighted by Crippen LogP contribution is 2.30. The van der Waals surface area contributed by atoms with E-state index in [4.69, 9.17) is 0 Å². The van der Waals surface area contributed by atoms with E-state index >= 15 is 0 Å². The monoisotopic (exact) mass is 309 g/mol. The Labute approximate surface area is 129 Å². The molecule has 1 aliphatic rings. The van der Waals surface area contributed by atoms with E-state index in [1.807, 2.05) is 19.0 Å². The highest BCUT2D eigenvalue weighted by Gasteiger charge is 2.30. The molecule has 2 amide bonds. The minimum atomic E-state index is -0.642. The Morgan fingerprint density at radius 2 is 2.18 bits per heavy atom. The molecule has 0 aliphatic heterocycles. The Bertz CT molecular complexity index is 551. The van der Waals surface area contributed by atoms with E-state index in [9.17, 15) is 14.7 Å². The van der Waals surface area contributed by atoms with Crippen molar-refractivity contribution < 1.29 is 14.7 Å². The summed E-state index contributed by atoms with van der Waals surface area (Å²) < 4.78 is 1.46. The Hall–Kier alpha value is -1.93. The molecule has 2 rings (SSSR count). The number of aromatic nitrogens is 2. The Morgan fingerprint density at radius 1 is 1.50 bits per heavy atom. The number of rotatable bonds is 7. The van der Waals surface area contributed by atoms with Gasteiger partial charge in [-0.25, -0.2) is 0 Å². The van der Waals surface area contributed by atoms with Crippen molar-refractivity contribution in [3.63, 3.8) is 0 Å². The maximum Gasteiger partial charge on any atom is 0.271 e. The molecule has 1 atom stereocenters. The van der Waals surface area contributed by atoms with Crippen molar-refractivity contribution in [3.05, 3.63) is 11.8 Å². The van der Waals surface area contributed by atoms with E-state index in [0.29, 0.717) is 12.4 Å². The van der Waals surface area contributed by atoms with Crippen LogP contribution >= 0.6 is 0 Å². The van der Waals surface area contributed by atoms with Crippen molar-refractivity contribution in [2.45, 2.75) is 18.9 Å². The molecule has 22 heavy (non-hydrogen) atoms. The summed E-state index contributed by atoms with van der Waals surface area (Å²) in [6, 6.07) is 1.54. The van der Waals surface area contributed by atoms with Gasteiger partial charge in [-0.05, 0) is 26.9 Å². The van der Waals surface area contributed by atoms with Crippen molar-refractivity contribution in [1.29, 1.82) is 0 Å². The number of carbonyl (C=O) groups is 2. The van der Waals surface area contributed by atoms with Crippen LogP contribution in [0.4, 0.5) is 5.82 Å². The smallest absolute Gasteiger partial charge is 0.271 e. The average Bonchev–Trinajstić information content (AvgIpc) is 3.21. The zero-order chi connectivity index (χ0) is 16.3. The van der Waals surface area contributed by atoms with E-state index in [1.165, 1.54) is 10.7 Å². The molecule has 0 spiro atoms. The van der Waals surface area contributed by atoms with Gasteiger partial charge in [-0.3, -0.25) is 14.3 Å². The number of carbonyl (C=O) groups excluding carboxylic acids is 2. The summed E-state index contributed by atoms with van der Waals surface area (Å²) in [5.41, 5.74) is 0.214. The summed E-state index contributed by atoms with van der Waals surface area (Å²) >= 11 is 0. The van der Waals surface area contributed by atoms with Crippen LogP contribution < -0.4 is 10.6 Å². The van der Waals surface area contributed by atoms with Crippen molar-refractivity contribution in [2.24, 2.45) is 13.0 Å². The molecular formula is C14H23N5O3. The second-order valence-corrected chi connectivity index (χ2v) is 5.93. The summed E-state index contributed by atoms with van der Waals surface area (Å²) in [6.07, 6.45) is 1.19. The number of aliphatic hydroxyl groups is 1. The first kappa shape index (κ1) is 16.4. The number of hydrogen-bond donors (Lipinski definition) is 3. The van der Waals surface area contributed by atoms with Crippen molar-refractivity contribution in [3.8, 4) is 0 Å². The van der Waals surface area contributed by atoms with Crippen molar-refractivity contribution in [1.82, 2.24) is 20.0 Å². The lowest BCUT2D eigenvalue weighted by molar-refractivity contribution is -0.117. The normalized spacial score (nSPS) is 15.7. The number of nitrogens with one attached hydrogen (secondary N) is 2. The van der Waals surface area contributed by atoms with E-state index in [-0.39, 0.29) is 30.0 Å². The quantitative estimate of drug-likeness (QED) is 0.626. The topological polar surface area (TPSA) is 99.5 Å². The number of likely N-dealkylation sites (N-methyl/N-ethyl adjacent to an activating group) is 1. The third kappa shape index (κ3) is 4.54. The van der Waals surface area contributed by atoms with Gasteiger partial charge in [-0.2, -0.15) is 5.10 Å². The van der Waals surface area contributed by atoms with Gasteiger partial charge in [0.1, 0.15) is 5.82 Å². The molecule has 0 aromatic carbocycles. The zero-order valence-corrected chi connectivity index (χ0v) is 13.2. The molecule has 1 aromatic heterocycles. The second-order valence-electron chi connectivity index (χ2n) is 5.93. The van der Waals surface area contributed by atoms with Gasteiger partial charge in [-0.1, -0.05) is 0 Å². The van der Waals surface area contributed by atoms with Crippen molar-refractivity contribution in [2.75, 3.05) is 32.5 Å². The van der Waals surface area contributed by atoms with Crippen LogP contribution in [-0.2, 0) is 11.8 Å². The molecule has 0 radical (unpaired) electrons. The van der Waals surface area contributed by atoms with E-state index in [2.05, 4.69) is 15.7 Å². The Kier molecular flexibility index (Phi) is 5.15. The van der Waals surface area contributed by atoms with Crippen LogP contribution in [0.25, 0.3) is 0 Å². The van der Waals surface area contributed by atoms with Gasteiger partial charge in [0, 0.05) is 32.1 Å². The maximum absolute atomic E-state index is 12.0. The average molecular weight is 309 g/mol. The predicted octanol–water partition coefficient (Wildman–Crippen LogP) is -0.579. The van der Waals surface area contributed by atoms with Gasteiger partial charge >= 0.3 is 0 Å². The first-order valence-corrected chi connectivity index (χ1v) is 7.32. The van der Waals surface area contributed by atoms with Gasteiger partial charge in [0.15, 0.2) is 5.69 Å². The molecule has 8 nitrogen and oxygen atoms in total. The van der Waals surface area contributed by atoms with Crippen LogP contribution in [0, 0.1) is 5.92 Å². The molecule has 8 heteroatoms. The molecule has 1 aliphatic carbocycles. The van der Waals surface area contributed by atoms with Gasteiger partial charge < -0.3 is 20.6 Å². The van der Waals surface area contributed by atoms with E-state index < -0.39 is 6.10 Å². The fourth-order valence-electron chi connectivity index (χ4n) is 2.06. The van der Waals surface area contributed by atoms with Gasteiger partial charge in [-0.15, -0.1) is 0 Å². The fourth-order valence-corrected chi connectivity index (χ4v) is 2.06. The first-order chi connectivity index (χ1) is 10.4. The fraction of sp³-hybridized carbons (Fsp3) is 0.643. The van der Waals surface area contributed by atoms with Crippen molar-refractivity contribution >= 4 is 17.6 Å². The predicted molar refractivity (Wildman–Crippen MR) is 81.5 cm³/mol. The minimum Gasteiger partial charge on any atom is -0.390 e. The summed E-state index contributed by atoms with van der Waals surface area (Å²) in [5.74, 6) is 0.181. The third-order valence-corrected chi connectivity index (χ3v) is 3.39. The number of anilines is 1. The summed E-state index contributed by atoms with van der Waals surface area (Å²) in [4.78, 5) is 25.6. The zero-order valence-electron chi connectivity index (χ0n) is 13.2. The molecule has 0 saturated heterocycles. The summed E-state index contributed by atoms with van der Waals surface area (Å²) in [6.45, 7) is 0.614. The standard InChI is InChI=1S/C14H23N5O3/c1-18(2)8-10(20)7-15-14(22)11-6-12(19(3)17-11)16-13(21)9-4-5-9/h6,9-10,20H,4-5,7-8H2,1-3H3,(H,15,22)(H,16,21). The van der Waals surface area contributed by atoms with Crippen LogP contribution in [0.2, 0.25) is 0 Å². The molecule has 1 saturated carbocycles.